The van der Waals surface area contributed by atoms with E-state index in [0.29, 0.717) is 21.7 Å². The van der Waals surface area contributed by atoms with Crippen molar-refractivity contribution in [3.05, 3.63) is 141 Å². The van der Waals surface area contributed by atoms with Crippen LogP contribution < -0.4 is 10.7 Å². The summed E-state index contributed by atoms with van der Waals surface area (Å²) in [6.07, 6.45) is 1.32. The van der Waals surface area contributed by atoms with Crippen molar-refractivity contribution in [2.45, 2.75) is 18.9 Å². The van der Waals surface area contributed by atoms with E-state index in [9.17, 15) is 24.3 Å². The summed E-state index contributed by atoms with van der Waals surface area (Å²) in [4.78, 5) is 53.7. The quantitative estimate of drug-likeness (QED) is 0.212. The van der Waals surface area contributed by atoms with Gasteiger partial charge in [0.2, 0.25) is 5.43 Å². The zero-order chi connectivity index (χ0) is 28.9. The largest absolute Gasteiger partial charge is 0.477 e. The highest BCUT2D eigenvalue weighted by Crippen LogP contribution is 2.20. The molecule has 3 N–H and O–H groups in total. The van der Waals surface area contributed by atoms with Crippen molar-refractivity contribution in [3.63, 3.8) is 0 Å². The summed E-state index contributed by atoms with van der Waals surface area (Å²) < 4.78 is 0. The van der Waals surface area contributed by atoms with Crippen molar-refractivity contribution >= 4 is 40.2 Å². The fourth-order valence-corrected chi connectivity index (χ4v) is 4.77. The Kier molecular flexibility index (Phi) is 8.08. The van der Waals surface area contributed by atoms with Crippen LogP contribution in [0.25, 0.3) is 22.0 Å². The molecule has 0 saturated carbocycles. The molecule has 1 heterocycles. The number of aromatic nitrogens is 1. The SMILES string of the molecule is O=C(N[C@@H](Cc1ccc(Cl)cc1)C(=O)Cc1ccc2[nH]cc(C(=O)O)c(=O)c2c1)c1ccc(-c2ccccc2)cc1. The van der Waals surface area contributed by atoms with Crippen molar-refractivity contribution in [1.29, 1.82) is 0 Å². The molecule has 4 aromatic carbocycles. The Morgan fingerprint density at radius 3 is 2.17 bits per heavy atom. The number of rotatable bonds is 9. The molecule has 0 fully saturated rings. The zero-order valence-electron chi connectivity index (χ0n) is 21.8. The number of fused-ring (bicyclic) bond motifs is 1. The van der Waals surface area contributed by atoms with E-state index in [2.05, 4.69) is 10.3 Å². The minimum Gasteiger partial charge on any atom is -0.477 e. The summed E-state index contributed by atoms with van der Waals surface area (Å²) >= 11 is 6.03. The first-order valence-electron chi connectivity index (χ1n) is 12.9. The molecule has 1 atom stereocenters. The standard InChI is InChI=1S/C33H25ClN2O5/c34-25-13-6-20(7-14-25)17-29(36-32(39)24-11-9-23(10-12-24)22-4-2-1-3-5-22)30(37)18-21-8-15-28-26(16-21)31(38)27(19-35-28)33(40)41/h1-16,19,29H,17-18H2,(H,35,38)(H,36,39)(H,40,41)/t29-/m0/s1. The second-order valence-electron chi connectivity index (χ2n) is 9.66. The lowest BCUT2D eigenvalue weighted by molar-refractivity contribution is -0.120. The summed E-state index contributed by atoms with van der Waals surface area (Å²) in [6.45, 7) is 0. The predicted octanol–water partition coefficient (Wildman–Crippen LogP) is 5.70. The molecule has 0 aliphatic carbocycles. The molecule has 41 heavy (non-hydrogen) atoms. The van der Waals surface area contributed by atoms with E-state index in [1.54, 1.807) is 48.5 Å². The number of hydrogen-bond donors (Lipinski definition) is 3. The molecule has 0 aliphatic heterocycles. The van der Waals surface area contributed by atoms with Crippen LogP contribution in [-0.4, -0.2) is 33.8 Å². The van der Waals surface area contributed by atoms with Gasteiger partial charge in [-0.25, -0.2) is 4.79 Å². The van der Waals surface area contributed by atoms with Crippen LogP contribution >= 0.6 is 11.6 Å². The lowest BCUT2D eigenvalue weighted by atomic mass is 9.96. The van der Waals surface area contributed by atoms with Gasteiger partial charge in [-0.15, -0.1) is 0 Å². The number of carboxylic acids is 1. The van der Waals surface area contributed by atoms with Crippen LogP contribution in [0.2, 0.25) is 5.02 Å². The molecule has 204 valence electrons. The van der Waals surface area contributed by atoms with Crippen molar-refractivity contribution in [1.82, 2.24) is 10.3 Å². The summed E-state index contributed by atoms with van der Waals surface area (Å²) in [7, 11) is 0. The maximum Gasteiger partial charge on any atom is 0.341 e. The maximum atomic E-state index is 13.6. The lowest BCUT2D eigenvalue weighted by Crippen LogP contribution is -2.43. The van der Waals surface area contributed by atoms with Crippen LogP contribution in [0.15, 0.2) is 108 Å². The van der Waals surface area contributed by atoms with Crippen molar-refractivity contribution in [2.24, 2.45) is 0 Å². The fraction of sp³-hybridized carbons (Fsp3) is 0.0909. The first-order valence-corrected chi connectivity index (χ1v) is 13.3. The summed E-state index contributed by atoms with van der Waals surface area (Å²) in [6, 6.07) is 28.0. The van der Waals surface area contributed by atoms with Gasteiger partial charge < -0.3 is 15.4 Å². The maximum absolute atomic E-state index is 13.6. The minimum atomic E-state index is -1.34. The molecule has 0 bridgehead atoms. The van der Waals surface area contributed by atoms with Crippen LogP contribution in [0.4, 0.5) is 0 Å². The first kappa shape index (κ1) is 27.6. The summed E-state index contributed by atoms with van der Waals surface area (Å²) in [5.41, 5.74) is 3.19. The smallest absolute Gasteiger partial charge is 0.341 e. The first-order chi connectivity index (χ1) is 19.8. The number of amides is 1. The average molecular weight is 565 g/mol. The second kappa shape index (κ2) is 12.0. The number of ketones is 1. The molecule has 5 rings (SSSR count). The number of carbonyl (C=O) groups is 3. The molecule has 7 nitrogen and oxygen atoms in total. The van der Waals surface area contributed by atoms with Gasteiger partial charge in [-0.05, 0) is 65.1 Å². The summed E-state index contributed by atoms with van der Waals surface area (Å²) in [5, 5.41) is 12.9. The van der Waals surface area contributed by atoms with Gasteiger partial charge in [0.25, 0.3) is 5.91 Å². The topological polar surface area (TPSA) is 116 Å². The van der Waals surface area contributed by atoms with Gasteiger partial charge in [0, 0.05) is 34.1 Å². The molecule has 8 heteroatoms. The Morgan fingerprint density at radius 2 is 1.49 bits per heavy atom. The number of pyridine rings is 1. The number of carbonyl (C=O) groups excluding carboxylic acids is 2. The van der Waals surface area contributed by atoms with Gasteiger partial charge >= 0.3 is 5.97 Å². The number of halogens is 1. The van der Waals surface area contributed by atoms with E-state index in [-0.39, 0.29) is 29.6 Å². The number of aromatic amines is 1. The van der Waals surface area contributed by atoms with Crippen molar-refractivity contribution in [3.8, 4) is 11.1 Å². The Balaban J connectivity index is 1.39. The minimum absolute atomic E-state index is 0.0713. The molecule has 0 aliphatic rings. The van der Waals surface area contributed by atoms with Crippen LogP contribution in [0.3, 0.4) is 0 Å². The molecule has 0 unspecified atom stereocenters. The third-order valence-electron chi connectivity index (χ3n) is 6.86. The van der Waals surface area contributed by atoms with E-state index in [0.717, 1.165) is 22.9 Å². The van der Waals surface area contributed by atoms with Gasteiger partial charge in [0.05, 0.1) is 6.04 Å². The van der Waals surface area contributed by atoms with Crippen LogP contribution in [0, 0.1) is 0 Å². The molecule has 1 aromatic heterocycles. The number of aromatic carboxylic acids is 1. The third kappa shape index (κ3) is 6.42. The Bertz CT molecular complexity index is 1800. The van der Waals surface area contributed by atoms with Crippen LogP contribution in [0.1, 0.15) is 31.8 Å². The fourth-order valence-electron chi connectivity index (χ4n) is 4.65. The number of hydrogen-bond acceptors (Lipinski definition) is 4. The van der Waals surface area contributed by atoms with E-state index < -0.39 is 23.3 Å². The number of Topliss-reactive ketones (excluding diaryl/α,β-unsaturated/α-hetero) is 1. The molecule has 1 amide bonds. The van der Waals surface area contributed by atoms with Crippen LogP contribution in [0.5, 0.6) is 0 Å². The molecular weight excluding hydrogens is 540 g/mol. The molecule has 0 saturated heterocycles. The second-order valence-corrected chi connectivity index (χ2v) is 10.1. The van der Waals surface area contributed by atoms with E-state index in [1.165, 1.54) is 6.07 Å². The number of nitrogens with one attached hydrogen (secondary N) is 2. The predicted molar refractivity (Wildman–Crippen MR) is 159 cm³/mol. The Morgan fingerprint density at radius 1 is 0.829 bits per heavy atom. The number of benzene rings is 4. The third-order valence-corrected chi connectivity index (χ3v) is 7.11. The zero-order valence-corrected chi connectivity index (χ0v) is 22.5. The molecule has 0 spiro atoms. The molecule has 0 radical (unpaired) electrons. The monoisotopic (exact) mass is 564 g/mol. The van der Waals surface area contributed by atoms with Crippen molar-refractivity contribution in [2.75, 3.05) is 0 Å². The van der Waals surface area contributed by atoms with Crippen molar-refractivity contribution < 1.29 is 19.5 Å². The van der Waals surface area contributed by atoms with Gasteiger partial charge in [-0.3, -0.25) is 14.4 Å². The van der Waals surface area contributed by atoms with E-state index in [4.69, 9.17) is 11.6 Å². The van der Waals surface area contributed by atoms with Crippen LogP contribution in [-0.2, 0) is 17.6 Å². The number of carboxylic acid groups (broad SMARTS) is 1. The van der Waals surface area contributed by atoms with E-state index in [1.807, 2.05) is 42.5 Å². The highest BCUT2D eigenvalue weighted by atomic mass is 35.5. The average Bonchev–Trinajstić information content (AvgIpc) is 2.98. The van der Waals surface area contributed by atoms with Gasteiger partial charge in [-0.1, -0.05) is 72.3 Å². The highest BCUT2D eigenvalue weighted by molar-refractivity contribution is 6.30. The number of H-pyrrole nitrogens is 1. The van der Waals surface area contributed by atoms with Gasteiger partial charge in [0.1, 0.15) is 5.56 Å². The van der Waals surface area contributed by atoms with Gasteiger partial charge in [0.15, 0.2) is 5.78 Å². The highest BCUT2D eigenvalue weighted by Gasteiger charge is 2.23. The normalized spacial score (nSPS) is 11.6. The molecule has 5 aromatic rings. The Labute approximate surface area is 240 Å². The molecular formula is C33H25ClN2O5. The summed E-state index contributed by atoms with van der Waals surface area (Å²) in [5.74, 6) is -1.99. The van der Waals surface area contributed by atoms with E-state index >= 15 is 0 Å². The Hall–Kier alpha value is -5.01. The lowest BCUT2D eigenvalue weighted by Gasteiger charge is -2.19. The van der Waals surface area contributed by atoms with Gasteiger partial charge in [-0.2, -0.15) is 0 Å².